The Bertz CT molecular complexity index is 694. The van der Waals surface area contributed by atoms with Crippen LogP contribution in [-0.4, -0.2) is 52.7 Å². The van der Waals surface area contributed by atoms with Crippen molar-refractivity contribution >= 4 is 18.0 Å². The number of aryl methyl sites for hydroxylation is 1. The van der Waals surface area contributed by atoms with Crippen molar-refractivity contribution in [2.75, 3.05) is 6.54 Å². The summed E-state index contributed by atoms with van der Waals surface area (Å²) in [4.78, 5) is 38.5. The second-order valence-electron chi connectivity index (χ2n) is 9.27. The van der Waals surface area contributed by atoms with Crippen molar-refractivity contribution in [1.82, 2.24) is 10.2 Å². The highest BCUT2D eigenvalue weighted by molar-refractivity contribution is 5.94. The summed E-state index contributed by atoms with van der Waals surface area (Å²) in [5.41, 5.74) is -0.161. The number of benzene rings is 1. The zero-order chi connectivity index (χ0) is 21.8. The van der Waals surface area contributed by atoms with Crippen LogP contribution in [0.4, 0.5) is 4.79 Å². The zero-order valence-electron chi connectivity index (χ0n) is 18.2. The molecule has 1 saturated heterocycles. The van der Waals surface area contributed by atoms with Gasteiger partial charge in [-0.3, -0.25) is 9.59 Å². The van der Waals surface area contributed by atoms with E-state index in [0.29, 0.717) is 6.42 Å². The maximum atomic E-state index is 12.6. The Kier molecular flexibility index (Phi) is 6.93. The van der Waals surface area contributed by atoms with Gasteiger partial charge in [-0.1, -0.05) is 30.3 Å². The third-order valence-electron chi connectivity index (χ3n) is 4.30. The fraction of sp³-hybridized carbons (Fsp3) is 0.591. The van der Waals surface area contributed by atoms with Crippen LogP contribution in [0.1, 0.15) is 53.5 Å². The number of amides is 2. The highest BCUT2D eigenvalue weighted by atomic mass is 16.6. The van der Waals surface area contributed by atoms with Gasteiger partial charge in [0.25, 0.3) is 0 Å². The van der Waals surface area contributed by atoms with E-state index in [-0.39, 0.29) is 18.5 Å². The van der Waals surface area contributed by atoms with E-state index in [2.05, 4.69) is 5.32 Å². The normalized spacial score (nSPS) is 19.4. The lowest BCUT2D eigenvalue weighted by Gasteiger charge is -2.47. The molecule has 0 spiro atoms. The second kappa shape index (κ2) is 8.84. The van der Waals surface area contributed by atoms with Crippen LogP contribution in [0.2, 0.25) is 0 Å². The minimum absolute atomic E-state index is 0.137. The van der Waals surface area contributed by atoms with Crippen LogP contribution in [0, 0.1) is 0 Å². The first-order valence-corrected chi connectivity index (χ1v) is 9.91. The van der Waals surface area contributed by atoms with Gasteiger partial charge in [-0.2, -0.15) is 0 Å². The van der Waals surface area contributed by atoms with Crippen molar-refractivity contribution in [2.24, 2.45) is 0 Å². The van der Waals surface area contributed by atoms with Crippen LogP contribution in [0.5, 0.6) is 0 Å². The molecule has 1 aromatic carbocycles. The lowest BCUT2D eigenvalue weighted by Crippen LogP contribution is -2.71. The van der Waals surface area contributed by atoms with E-state index >= 15 is 0 Å². The lowest BCUT2D eigenvalue weighted by molar-refractivity contribution is -0.167. The zero-order valence-corrected chi connectivity index (χ0v) is 18.2. The Morgan fingerprint density at radius 1 is 1.00 bits per heavy atom. The smallest absolute Gasteiger partial charge is 0.408 e. The highest BCUT2D eigenvalue weighted by Crippen LogP contribution is 2.26. The average Bonchev–Trinajstić information content (AvgIpc) is 2.57. The second-order valence-corrected chi connectivity index (χ2v) is 9.27. The molecule has 160 valence electrons. The maximum absolute atomic E-state index is 12.6. The van der Waals surface area contributed by atoms with E-state index in [1.165, 1.54) is 4.90 Å². The minimum atomic E-state index is -0.712. The number of nitrogens with one attached hydrogen (secondary N) is 1. The van der Waals surface area contributed by atoms with Gasteiger partial charge in [-0.05, 0) is 59.9 Å². The molecule has 2 atom stereocenters. The first-order valence-electron chi connectivity index (χ1n) is 9.91. The van der Waals surface area contributed by atoms with Gasteiger partial charge in [0.1, 0.15) is 23.8 Å². The van der Waals surface area contributed by atoms with Crippen LogP contribution in [0.3, 0.4) is 0 Å². The summed E-state index contributed by atoms with van der Waals surface area (Å²) in [5.74, 6) is -0.772. The Hall–Kier alpha value is -2.57. The van der Waals surface area contributed by atoms with Crippen molar-refractivity contribution in [3.63, 3.8) is 0 Å². The van der Waals surface area contributed by atoms with Gasteiger partial charge in [-0.15, -0.1) is 0 Å². The van der Waals surface area contributed by atoms with E-state index < -0.39 is 29.3 Å². The molecule has 0 bridgehead atoms. The Morgan fingerprint density at radius 2 is 1.59 bits per heavy atom. The van der Waals surface area contributed by atoms with Crippen molar-refractivity contribution in [2.45, 2.75) is 77.7 Å². The standard InChI is InChI=1S/C22H32N2O5/c1-21(2,3)28-17(25)14-24-16(13-12-15-10-8-7-9-11-15)18(19(24)26)23-20(27)29-22(4,5)6/h7-11,16,18H,12-14H2,1-6H3,(H,23,27)/t16-,18?/m1/s1. The average molecular weight is 405 g/mol. The molecule has 7 nitrogen and oxygen atoms in total. The number of ether oxygens (including phenoxy) is 2. The number of esters is 1. The molecule has 0 aromatic heterocycles. The Labute approximate surface area is 172 Å². The SMILES string of the molecule is CC(C)(C)OC(=O)CN1C(=O)C(NC(=O)OC(C)(C)C)[C@H]1CCc1ccccc1. The van der Waals surface area contributed by atoms with Crippen LogP contribution in [0.25, 0.3) is 0 Å². The molecule has 1 aliphatic heterocycles. The Morgan fingerprint density at radius 3 is 2.14 bits per heavy atom. The molecule has 7 heteroatoms. The van der Waals surface area contributed by atoms with Crippen LogP contribution in [-0.2, 0) is 25.5 Å². The third kappa shape index (κ3) is 7.07. The van der Waals surface area contributed by atoms with Crippen molar-refractivity contribution < 1.29 is 23.9 Å². The number of carbonyl (C=O) groups excluding carboxylic acids is 3. The predicted octanol–water partition coefficient (Wildman–Crippen LogP) is 3.07. The molecule has 1 N–H and O–H groups in total. The van der Waals surface area contributed by atoms with E-state index in [0.717, 1.165) is 12.0 Å². The summed E-state index contributed by atoms with van der Waals surface area (Å²) in [7, 11) is 0. The van der Waals surface area contributed by atoms with Crippen molar-refractivity contribution in [1.29, 1.82) is 0 Å². The molecule has 2 amide bonds. The van der Waals surface area contributed by atoms with Gasteiger partial charge < -0.3 is 19.7 Å². The number of nitrogens with zero attached hydrogens (tertiary/aromatic N) is 1. The number of hydrogen-bond acceptors (Lipinski definition) is 5. The molecule has 1 heterocycles. The fourth-order valence-electron chi connectivity index (χ4n) is 3.19. The first kappa shape index (κ1) is 22.7. The molecule has 0 aliphatic carbocycles. The number of alkyl carbamates (subject to hydrolysis) is 1. The number of rotatable bonds is 6. The highest BCUT2D eigenvalue weighted by Gasteiger charge is 2.49. The van der Waals surface area contributed by atoms with Crippen LogP contribution >= 0.6 is 0 Å². The fourth-order valence-corrected chi connectivity index (χ4v) is 3.19. The topological polar surface area (TPSA) is 84.9 Å². The van der Waals surface area contributed by atoms with Gasteiger partial charge in [0.2, 0.25) is 5.91 Å². The molecule has 0 saturated carbocycles. The van der Waals surface area contributed by atoms with E-state index in [1.54, 1.807) is 41.5 Å². The molecule has 0 radical (unpaired) electrons. The molecular weight excluding hydrogens is 372 g/mol. The van der Waals surface area contributed by atoms with Crippen LogP contribution in [0.15, 0.2) is 30.3 Å². The molecule has 1 unspecified atom stereocenters. The van der Waals surface area contributed by atoms with Crippen molar-refractivity contribution in [3.8, 4) is 0 Å². The number of hydrogen-bond donors (Lipinski definition) is 1. The molecule has 29 heavy (non-hydrogen) atoms. The molecule has 1 aromatic rings. The largest absolute Gasteiger partial charge is 0.459 e. The van der Waals surface area contributed by atoms with Gasteiger partial charge in [-0.25, -0.2) is 4.79 Å². The summed E-state index contributed by atoms with van der Waals surface area (Å²) in [6.07, 6.45) is 0.687. The van der Waals surface area contributed by atoms with E-state index in [1.807, 2.05) is 30.3 Å². The van der Waals surface area contributed by atoms with Crippen molar-refractivity contribution in [3.05, 3.63) is 35.9 Å². The maximum Gasteiger partial charge on any atom is 0.408 e. The molecule has 1 fully saturated rings. The van der Waals surface area contributed by atoms with E-state index in [4.69, 9.17) is 9.47 Å². The van der Waals surface area contributed by atoms with E-state index in [9.17, 15) is 14.4 Å². The predicted molar refractivity (Wildman–Crippen MR) is 109 cm³/mol. The summed E-state index contributed by atoms with van der Waals surface area (Å²) < 4.78 is 10.6. The summed E-state index contributed by atoms with van der Waals surface area (Å²) in [5, 5.41) is 2.66. The van der Waals surface area contributed by atoms with Crippen LogP contribution < -0.4 is 5.32 Å². The Balaban J connectivity index is 2.05. The third-order valence-corrected chi connectivity index (χ3v) is 4.30. The van der Waals surface area contributed by atoms with Gasteiger partial charge in [0.05, 0.1) is 6.04 Å². The molecule has 2 rings (SSSR count). The quantitative estimate of drug-likeness (QED) is 0.582. The number of carbonyl (C=O) groups is 3. The summed E-state index contributed by atoms with van der Waals surface area (Å²) in [6.45, 7) is 10.5. The molecule has 1 aliphatic rings. The number of likely N-dealkylation sites (tertiary alicyclic amines) is 1. The monoisotopic (exact) mass is 404 g/mol. The van der Waals surface area contributed by atoms with Gasteiger partial charge in [0.15, 0.2) is 0 Å². The summed E-state index contributed by atoms with van der Waals surface area (Å²) >= 11 is 0. The van der Waals surface area contributed by atoms with Gasteiger partial charge in [0, 0.05) is 0 Å². The summed E-state index contributed by atoms with van der Waals surface area (Å²) in [6, 6.07) is 8.85. The number of β-lactam (4-membered cyclic amide) rings is 1. The lowest BCUT2D eigenvalue weighted by atomic mass is 9.89. The molecular formula is C22H32N2O5. The first-order chi connectivity index (χ1) is 13.4. The minimum Gasteiger partial charge on any atom is -0.459 e. The van der Waals surface area contributed by atoms with Gasteiger partial charge >= 0.3 is 12.1 Å².